The highest BCUT2D eigenvalue weighted by atomic mass is 16.2. The van der Waals surface area contributed by atoms with Crippen LogP contribution in [0.4, 0.5) is 5.69 Å². The van der Waals surface area contributed by atoms with Gasteiger partial charge in [-0.15, -0.1) is 0 Å². The van der Waals surface area contributed by atoms with E-state index in [2.05, 4.69) is 16.0 Å². The van der Waals surface area contributed by atoms with E-state index >= 15 is 0 Å². The monoisotopic (exact) mass is 360 g/mol. The topological polar surface area (TPSA) is 130 Å². The minimum Gasteiger partial charge on any atom is -0.368 e. The van der Waals surface area contributed by atoms with Crippen molar-refractivity contribution in [2.75, 3.05) is 11.9 Å². The predicted octanol–water partition coefficient (Wildman–Crippen LogP) is 0.535. The summed E-state index contributed by atoms with van der Waals surface area (Å²) >= 11 is 0. The SMILES string of the molecule is CC(=O)NC(C(=O)Nc1ccc(C(=O)NCC(N)=O)cc1)C1CCCC1. The van der Waals surface area contributed by atoms with Crippen LogP contribution in [0, 0.1) is 5.92 Å². The molecule has 1 atom stereocenters. The number of anilines is 1. The molecular formula is C18H24N4O4. The van der Waals surface area contributed by atoms with Gasteiger partial charge in [-0.1, -0.05) is 12.8 Å². The Balaban J connectivity index is 1.99. The van der Waals surface area contributed by atoms with E-state index < -0.39 is 17.9 Å². The van der Waals surface area contributed by atoms with Gasteiger partial charge in [-0.2, -0.15) is 0 Å². The smallest absolute Gasteiger partial charge is 0.251 e. The highest BCUT2D eigenvalue weighted by molar-refractivity contribution is 5.99. The lowest BCUT2D eigenvalue weighted by Crippen LogP contribution is -2.47. The third kappa shape index (κ3) is 5.58. The molecule has 1 aromatic carbocycles. The van der Waals surface area contributed by atoms with Crippen molar-refractivity contribution >= 4 is 29.3 Å². The number of rotatable bonds is 7. The highest BCUT2D eigenvalue weighted by Gasteiger charge is 2.31. The van der Waals surface area contributed by atoms with Crippen molar-refractivity contribution in [2.24, 2.45) is 11.7 Å². The van der Waals surface area contributed by atoms with E-state index in [0.29, 0.717) is 11.3 Å². The van der Waals surface area contributed by atoms with Crippen molar-refractivity contribution in [1.29, 1.82) is 0 Å². The molecule has 1 fully saturated rings. The molecule has 1 saturated carbocycles. The van der Waals surface area contributed by atoms with Crippen molar-refractivity contribution in [3.63, 3.8) is 0 Å². The van der Waals surface area contributed by atoms with Gasteiger partial charge in [-0.05, 0) is 43.0 Å². The molecule has 0 saturated heterocycles. The lowest BCUT2D eigenvalue weighted by atomic mass is 9.97. The number of carbonyl (C=O) groups is 4. The fourth-order valence-corrected chi connectivity index (χ4v) is 3.10. The molecule has 26 heavy (non-hydrogen) atoms. The van der Waals surface area contributed by atoms with Gasteiger partial charge >= 0.3 is 0 Å². The fraction of sp³-hybridized carbons (Fsp3) is 0.444. The second-order valence-corrected chi connectivity index (χ2v) is 6.44. The van der Waals surface area contributed by atoms with E-state index in [4.69, 9.17) is 5.73 Å². The minimum atomic E-state index is -0.627. The fourth-order valence-electron chi connectivity index (χ4n) is 3.10. The normalized spacial score (nSPS) is 15.1. The summed E-state index contributed by atoms with van der Waals surface area (Å²) in [6.45, 7) is 1.16. The van der Waals surface area contributed by atoms with Gasteiger partial charge in [-0.25, -0.2) is 0 Å². The van der Waals surface area contributed by atoms with Crippen LogP contribution in [-0.2, 0) is 14.4 Å². The van der Waals surface area contributed by atoms with E-state index in [1.165, 1.54) is 19.1 Å². The first kappa shape index (κ1) is 19.4. The van der Waals surface area contributed by atoms with E-state index in [-0.39, 0.29) is 24.3 Å². The Morgan fingerprint density at radius 2 is 1.73 bits per heavy atom. The Hall–Kier alpha value is -2.90. The summed E-state index contributed by atoms with van der Waals surface area (Å²) < 4.78 is 0. The zero-order chi connectivity index (χ0) is 19.1. The molecule has 1 aromatic rings. The Morgan fingerprint density at radius 3 is 2.27 bits per heavy atom. The standard InChI is InChI=1S/C18H24N4O4/c1-11(23)21-16(12-4-2-3-5-12)18(26)22-14-8-6-13(7-9-14)17(25)20-10-15(19)24/h6-9,12,16H,2-5,10H2,1H3,(H2,19,24)(H,20,25)(H,21,23)(H,22,26). The van der Waals surface area contributed by atoms with Crippen molar-refractivity contribution in [3.8, 4) is 0 Å². The Bertz CT molecular complexity index is 681. The third-order valence-corrected chi connectivity index (χ3v) is 4.35. The third-order valence-electron chi connectivity index (χ3n) is 4.35. The highest BCUT2D eigenvalue weighted by Crippen LogP contribution is 2.28. The van der Waals surface area contributed by atoms with Crippen LogP contribution in [0.25, 0.3) is 0 Å². The molecule has 5 N–H and O–H groups in total. The van der Waals surface area contributed by atoms with Crippen LogP contribution < -0.4 is 21.7 Å². The van der Waals surface area contributed by atoms with Gasteiger partial charge in [0.25, 0.3) is 5.91 Å². The molecule has 1 unspecified atom stereocenters. The molecule has 0 heterocycles. The molecule has 140 valence electrons. The van der Waals surface area contributed by atoms with Crippen molar-refractivity contribution in [1.82, 2.24) is 10.6 Å². The molecule has 0 bridgehead atoms. The summed E-state index contributed by atoms with van der Waals surface area (Å²) in [7, 11) is 0. The Morgan fingerprint density at radius 1 is 1.12 bits per heavy atom. The molecule has 0 aliphatic heterocycles. The van der Waals surface area contributed by atoms with Crippen LogP contribution in [0.1, 0.15) is 43.0 Å². The second-order valence-electron chi connectivity index (χ2n) is 6.44. The lowest BCUT2D eigenvalue weighted by Gasteiger charge is -2.23. The van der Waals surface area contributed by atoms with Gasteiger partial charge in [0.2, 0.25) is 17.7 Å². The average molecular weight is 360 g/mol. The molecule has 1 aliphatic rings. The number of nitrogens with two attached hydrogens (primary N) is 1. The predicted molar refractivity (Wildman–Crippen MR) is 96.2 cm³/mol. The molecule has 8 nitrogen and oxygen atoms in total. The van der Waals surface area contributed by atoms with Gasteiger partial charge in [0.15, 0.2) is 0 Å². The van der Waals surface area contributed by atoms with Crippen LogP contribution >= 0.6 is 0 Å². The number of hydrogen-bond donors (Lipinski definition) is 4. The quantitative estimate of drug-likeness (QED) is 0.565. The van der Waals surface area contributed by atoms with Crippen LogP contribution in [0.3, 0.4) is 0 Å². The second kappa shape index (κ2) is 8.98. The number of amides is 4. The van der Waals surface area contributed by atoms with Crippen molar-refractivity contribution in [3.05, 3.63) is 29.8 Å². The number of hydrogen-bond acceptors (Lipinski definition) is 4. The van der Waals surface area contributed by atoms with Crippen LogP contribution in [0.2, 0.25) is 0 Å². The molecule has 0 radical (unpaired) electrons. The Labute approximate surface area is 151 Å². The molecule has 1 aliphatic carbocycles. The zero-order valence-corrected chi connectivity index (χ0v) is 14.7. The number of benzene rings is 1. The average Bonchev–Trinajstić information content (AvgIpc) is 3.12. The summed E-state index contributed by atoms with van der Waals surface area (Å²) in [5, 5.41) is 7.91. The van der Waals surface area contributed by atoms with Gasteiger partial charge in [0.05, 0.1) is 6.54 Å². The summed E-state index contributed by atoms with van der Waals surface area (Å²) in [6, 6.07) is 5.70. The van der Waals surface area contributed by atoms with Gasteiger partial charge in [-0.3, -0.25) is 19.2 Å². The summed E-state index contributed by atoms with van der Waals surface area (Å²) in [5.41, 5.74) is 5.85. The van der Waals surface area contributed by atoms with Crippen LogP contribution in [-0.4, -0.2) is 36.2 Å². The van der Waals surface area contributed by atoms with Crippen molar-refractivity contribution in [2.45, 2.75) is 38.6 Å². The minimum absolute atomic E-state index is 0.137. The largest absolute Gasteiger partial charge is 0.368 e. The van der Waals surface area contributed by atoms with E-state index in [1.54, 1.807) is 12.1 Å². The molecule has 0 spiro atoms. The zero-order valence-electron chi connectivity index (χ0n) is 14.7. The molecule has 2 rings (SSSR count). The first-order valence-corrected chi connectivity index (χ1v) is 8.61. The molecule has 8 heteroatoms. The summed E-state index contributed by atoms with van der Waals surface area (Å²) in [6.07, 6.45) is 3.95. The maximum Gasteiger partial charge on any atom is 0.251 e. The maximum absolute atomic E-state index is 12.6. The van der Waals surface area contributed by atoms with E-state index in [1.807, 2.05) is 0 Å². The van der Waals surface area contributed by atoms with Crippen LogP contribution in [0.5, 0.6) is 0 Å². The van der Waals surface area contributed by atoms with E-state index in [0.717, 1.165) is 25.7 Å². The molecular weight excluding hydrogens is 336 g/mol. The van der Waals surface area contributed by atoms with Crippen molar-refractivity contribution < 1.29 is 19.2 Å². The number of carbonyl (C=O) groups excluding carboxylic acids is 4. The Kier molecular flexibility index (Phi) is 6.71. The lowest BCUT2D eigenvalue weighted by molar-refractivity contribution is -0.126. The molecule has 0 aromatic heterocycles. The summed E-state index contributed by atoms with van der Waals surface area (Å²) in [5.74, 6) is -1.42. The molecule has 4 amide bonds. The number of primary amides is 1. The van der Waals surface area contributed by atoms with Gasteiger partial charge in [0.1, 0.15) is 6.04 Å². The van der Waals surface area contributed by atoms with E-state index in [9.17, 15) is 19.2 Å². The maximum atomic E-state index is 12.6. The van der Waals surface area contributed by atoms with Crippen LogP contribution in [0.15, 0.2) is 24.3 Å². The van der Waals surface area contributed by atoms with Gasteiger partial charge in [0, 0.05) is 18.2 Å². The first-order valence-electron chi connectivity index (χ1n) is 8.61. The number of nitrogens with one attached hydrogen (secondary N) is 3. The first-order chi connectivity index (χ1) is 12.4. The summed E-state index contributed by atoms with van der Waals surface area (Å²) in [4.78, 5) is 46.5. The van der Waals surface area contributed by atoms with Gasteiger partial charge < -0.3 is 21.7 Å².